The van der Waals surface area contributed by atoms with Gasteiger partial charge in [-0.1, -0.05) is 36.0 Å². The zero-order valence-corrected chi connectivity index (χ0v) is 14.0. The lowest BCUT2D eigenvalue weighted by Crippen LogP contribution is -1.97. The molecule has 2 N–H and O–H groups in total. The molecule has 24 heavy (non-hydrogen) atoms. The Bertz CT molecular complexity index is 843. The second kappa shape index (κ2) is 7.00. The van der Waals surface area contributed by atoms with Crippen LogP contribution in [0.25, 0.3) is 0 Å². The van der Waals surface area contributed by atoms with Crippen molar-refractivity contribution in [2.45, 2.75) is 24.8 Å². The maximum Gasteiger partial charge on any atom is 0.247 e. The number of aromatic amines is 1. The number of para-hydroxylation sites is 1. The highest BCUT2D eigenvalue weighted by Crippen LogP contribution is 2.25. The van der Waals surface area contributed by atoms with E-state index in [4.69, 9.17) is 0 Å². The Morgan fingerprint density at radius 1 is 1.08 bits per heavy atom. The van der Waals surface area contributed by atoms with E-state index in [1.54, 1.807) is 6.07 Å². The van der Waals surface area contributed by atoms with Crippen LogP contribution in [0, 0.1) is 25.5 Å². The molecular formula is C17H16F2N4S. The van der Waals surface area contributed by atoms with E-state index < -0.39 is 11.6 Å². The Balaban J connectivity index is 1.66. The van der Waals surface area contributed by atoms with Gasteiger partial charge in [0.15, 0.2) is 16.8 Å². The lowest BCUT2D eigenvalue weighted by Gasteiger charge is -2.09. The molecule has 0 saturated heterocycles. The highest BCUT2D eigenvalue weighted by Gasteiger charge is 2.09. The average molecular weight is 346 g/mol. The summed E-state index contributed by atoms with van der Waals surface area (Å²) < 4.78 is 26.1. The molecule has 0 aliphatic carbocycles. The molecule has 0 atom stereocenters. The van der Waals surface area contributed by atoms with E-state index in [9.17, 15) is 8.78 Å². The summed E-state index contributed by atoms with van der Waals surface area (Å²) in [6.07, 6.45) is 0. The molecule has 0 aliphatic heterocycles. The van der Waals surface area contributed by atoms with Gasteiger partial charge in [0.25, 0.3) is 0 Å². The van der Waals surface area contributed by atoms with Crippen LogP contribution in [-0.4, -0.2) is 15.2 Å². The van der Waals surface area contributed by atoms with Gasteiger partial charge >= 0.3 is 0 Å². The molecule has 0 bridgehead atoms. The maximum absolute atomic E-state index is 13.2. The molecule has 3 aromatic rings. The molecule has 0 aliphatic rings. The van der Waals surface area contributed by atoms with Gasteiger partial charge in [0.2, 0.25) is 5.95 Å². The van der Waals surface area contributed by atoms with Crippen LogP contribution in [0.3, 0.4) is 0 Å². The van der Waals surface area contributed by atoms with Crippen LogP contribution in [0.15, 0.2) is 41.6 Å². The zero-order chi connectivity index (χ0) is 17.1. The van der Waals surface area contributed by atoms with E-state index in [0.29, 0.717) is 22.4 Å². The lowest BCUT2D eigenvalue weighted by molar-refractivity contribution is 0.507. The van der Waals surface area contributed by atoms with E-state index >= 15 is 0 Å². The number of benzene rings is 2. The number of thioether (sulfide) groups is 1. The number of aromatic nitrogens is 3. The van der Waals surface area contributed by atoms with Gasteiger partial charge in [-0.3, -0.25) is 5.10 Å². The van der Waals surface area contributed by atoms with Crippen LogP contribution < -0.4 is 5.32 Å². The van der Waals surface area contributed by atoms with Crippen molar-refractivity contribution in [2.75, 3.05) is 5.32 Å². The number of nitrogens with zero attached hydrogens (tertiary/aromatic N) is 2. The van der Waals surface area contributed by atoms with Crippen molar-refractivity contribution in [3.63, 3.8) is 0 Å². The third kappa shape index (κ3) is 3.73. The SMILES string of the molecule is Cc1cccc(C)c1Nc1n[nH]c(SCc2ccc(F)c(F)c2)n1. The summed E-state index contributed by atoms with van der Waals surface area (Å²) in [7, 11) is 0. The summed E-state index contributed by atoms with van der Waals surface area (Å²) in [5.74, 6) is -0.748. The number of nitrogens with one attached hydrogen (secondary N) is 2. The van der Waals surface area contributed by atoms with E-state index in [1.165, 1.54) is 17.8 Å². The fourth-order valence-electron chi connectivity index (χ4n) is 2.27. The summed E-state index contributed by atoms with van der Waals surface area (Å²) in [6, 6.07) is 9.89. The lowest BCUT2D eigenvalue weighted by atomic mass is 10.1. The van der Waals surface area contributed by atoms with Gasteiger partial charge < -0.3 is 5.32 Å². The molecule has 7 heteroatoms. The summed E-state index contributed by atoms with van der Waals surface area (Å²) in [5.41, 5.74) is 3.87. The molecule has 0 saturated carbocycles. The molecule has 4 nitrogen and oxygen atoms in total. The predicted octanol–water partition coefficient (Wildman–Crippen LogP) is 4.74. The van der Waals surface area contributed by atoms with Crippen molar-refractivity contribution in [3.05, 3.63) is 64.7 Å². The second-order valence-electron chi connectivity index (χ2n) is 5.39. The smallest absolute Gasteiger partial charge is 0.247 e. The Hall–Kier alpha value is -2.41. The first-order valence-electron chi connectivity index (χ1n) is 7.35. The standard InChI is InChI=1S/C17H16F2N4S/c1-10-4-3-5-11(2)15(10)20-16-21-17(23-22-16)24-9-12-6-7-13(18)14(19)8-12/h3-8H,9H2,1-2H3,(H2,20,21,22,23). The van der Waals surface area contributed by atoms with Gasteiger partial charge in [-0.25, -0.2) is 8.78 Å². The maximum atomic E-state index is 13.2. The van der Waals surface area contributed by atoms with Crippen molar-refractivity contribution >= 4 is 23.4 Å². The third-order valence-corrected chi connectivity index (χ3v) is 4.48. The van der Waals surface area contributed by atoms with E-state index in [2.05, 4.69) is 20.5 Å². The van der Waals surface area contributed by atoms with E-state index in [-0.39, 0.29) is 0 Å². The van der Waals surface area contributed by atoms with Gasteiger partial charge in [-0.15, -0.1) is 5.10 Å². The summed E-state index contributed by atoms with van der Waals surface area (Å²) in [4.78, 5) is 4.36. The van der Waals surface area contributed by atoms with Gasteiger partial charge in [0, 0.05) is 11.4 Å². The number of H-pyrrole nitrogens is 1. The third-order valence-electron chi connectivity index (χ3n) is 3.54. The van der Waals surface area contributed by atoms with Crippen LogP contribution in [0.2, 0.25) is 0 Å². The van der Waals surface area contributed by atoms with Crippen molar-refractivity contribution in [1.29, 1.82) is 0 Å². The van der Waals surface area contributed by atoms with Gasteiger partial charge in [0.05, 0.1) is 0 Å². The van der Waals surface area contributed by atoms with Crippen molar-refractivity contribution in [3.8, 4) is 0 Å². The molecule has 0 radical (unpaired) electrons. The number of aryl methyl sites for hydroxylation is 2. The Morgan fingerprint density at radius 2 is 1.83 bits per heavy atom. The van der Waals surface area contributed by atoms with Gasteiger partial charge in [0.1, 0.15) is 0 Å². The average Bonchev–Trinajstić information content (AvgIpc) is 3.00. The number of rotatable bonds is 5. The molecule has 2 aromatic carbocycles. The summed E-state index contributed by atoms with van der Waals surface area (Å²) in [6.45, 7) is 4.03. The Labute approximate surface area is 142 Å². The minimum atomic E-state index is -0.844. The number of anilines is 2. The molecule has 0 fully saturated rings. The Morgan fingerprint density at radius 3 is 2.54 bits per heavy atom. The van der Waals surface area contributed by atoms with E-state index in [1.807, 2.05) is 32.0 Å². The first-order chi connectivity index (χ1) is 11.5. The monoisotopic (exact) mass is 346 g/mol. The highest BCUT2D eigenvalue weighted by molar-refractivity contribution is 7.98. The van der Waals surface area contributed by atoms with Crippen LogP contribution in [0.1, 0.15) is 16.7 Å². The molecule has 124 valence electrons. The number of hydrogen-bond donors (Lipinski definition) is 2. The topological polar surface area (TPSA) is 53.6 Å². The predicted molar refractivity (Wildman–Crippen MR) is 91.5 cm³/mol. The van der Waals surface area contributed by atoms with Crippen molar-refractivity contribution < 1.29 is 8.78 Å². The van der Waals surface area contributed by atoms with Crippen molar-refractivity contribution in [1.82, 2.24) is 15.2 Å². The number of halogens is 2. The molecule has 1 heterocycles. The van der Waals surface area contributed by atoms with Crippen LogP contribution in [-0.2, 0) is 5.75 Å². The fraction of sp³-hybridized carbons (Fsp3) is 0.176. The fourth-order valence-corrected chi connectivity index (χ4v) is 3.02. The largest absolute Gasteiger partial charge is 0.322 e. The molecule has 3 rings (SSSR count). The summed E-state index contributed by atoms with van der Waals surface area (Å²) in [5, 5.41) is 10.8. The van der Waals surface area contributed by atoms with Crippen LogP contribution in [0.4, 0.5) is 20.4 Å². The first-order valence-corrected chi connectivity index (χ1v) is 8.34. The summed E-state index contributed by atoms with van der Waals surface area (Å²) >= 11 is 1.37. The van der Waals surface area contributed by atoms with Gasteiger partial charge in [-0.2, -0.15) is 4.98 Å². The van der Waals surface area contributed by atoms with E-state index in [0.717, 1.165) is 22.9 Å². The molecule has 0 unspecified atom stereocenters. The minimum Gasteiger partial charge on any atom is -0.322 e. The highest BCUT2D eigenvalue weighted by atomic mass is 32.2. The number of hydrogen-bond acceptors (Lipinski definition) is 4. The minimum absolute atomic E-state index is 0.467. The first kappa shape index (κ1) is 16.4. The molecule has 0 spiro atoms. The second-order valence-corrected chi connectivity index (χ2v) is 6.36. The molecular weight excluding hydrogens is 330 g/mol. The van der Waals surface area contributed by atoms with Gasteiger partial charge in [-0.05, 0) is 42.7 Å². The normalized spacial score (nSPS) is 10.8. The van der Waals surface area contributed by atoms with Crippen LogP contribution >= 0.6 is 11.8 Å². The molecule has 1 aromatic heterocycles. The zero-order valence-electron chi connectivity index (χ0n) is 13.2. The quantitative estimate of drug-likeness (QED) is 0.656. The Kier molecular flexibility index (Phi) is 4.80. The molecule has 0 amide bonds. The van der Waals surface area contributed by atoms with Crippen molar-refractivity contribution in [2.24, 2.45) is 0 Å². The van der Waals surface area contributed by atoms with Crippen LogP contribution in [0.5, 0.6) is 0 Å².